The van der Waals surface area contributed by atoms with Gasteiger partial charge in [-0.2, -0.15) is 0 Å². The summed E-state index contributed by atoms with van der Waals surface area (Å²) in [5.74, 6) is -0.257. The van der Waals surface area contributed by atoms with Crippen molar-refractivity contribution in [2.45, 2.75) is 13.0 Å². The van der Waals surface area contributed by atoms with Crippen LogP contribution in [-0.2, 0) is 17.8 Å². The average Bonchev–Trinajstić information content (AvgIpc) is 2.51. The fourth-order valence-corrected chi connectivity index (χ4v) is 2.36. The van der Waals surface area contributed by atoms with Crippen LogP contribution in [0.25, 0.3) is 0 Å². The molecule has 0 atom stereocenters. The van der Waals surface area contributed by atoms with E-state index in [-0.39, 0.29) is 11.3 Å². The van der Waals surface area contributed by atoms with Gasteiger partial charge in [0.1, 0.15) is 5.69 Å². The fourth-order valence-electron chi connectivity index (χ4n) is 2.36. The standard InChI is InChI=1S/C16H16N2O3/c19-14-6-8-17-9-10-18(16(20)15(17)12-14)21-11-7-13-4-2-1-3-5-13/h1-6,8,12H,7,9-11H2. The normalized spacial score (nSPS) is 14.1. The minimum absolute atomic E-state index is 0.166. The summed E-state index contributed by atoms with van der Waals surface area (Å²) in [6, 6.07) is 12.8. The summed E-state index contributed by atoms with van der Waals surface area (Å²) in [6.45, 7) is 1.56. The maximum Gasteiger partial charge on any atom is 0.294 e. The Morgan fingerprint density at radius 1 is 1.05 bits per heavy atom. The Bertz CT molecular complexity index is 694. The summed E-state index contributed by atoms with van der Waals surface area (Å²) in [7, 11) is 0. The first-order valence-corrected chi connectivity index (χ1v) is 6.93. The Kier molecular flexibility index (Phi) is 3.83. The molecule has 0 saturated carbocycles. The molecule has 0 fully saturated rings. The summed E-state index contributed by atoms with van der Waals surface area (Å²) in [5, 5.41) is 1.34. The van der Waals surface area contributed by atoms with Gasteiger partial charge in [-0.05, 0) is 12.0 Å². The van der Waals surface area contributed by atoms with Crippen molar-refractivity contribution in [2.75, 3.05) is 13.2 Å². The van der Waals surface area contributed by atoms with E-state index in [0.717, 1.165) is 6.42 Å². The van der Waals surface area contributed by atoms with Crippen LogP contribution >= 0.6 is 0 Å². The van der Waals surface area contributed by atoms with Gasteiger partial charge >= 0.3 is 0 Å². The lowest BCUT2D eigenvalue weighted by molar-refractivity contribution is -0.128. The second-order valence-corrected chi connectivity index (χ2v) is 4.92. The lowest BCUT2D eigenvalue weighted by Crippen LogP contribution is -2.41. The highest BCUT2D eigenvalue weighted by molar-refractivity contribution is 5.92. The number of carbonyl (C=O) groups excluding carboxylic acids is 1. The average molecular weight is 284 g/mol. The van der Waals surface area contributed by atoms with Crippen LogP contribution in [0.4, 0.5) is 0 Å². The van der Waals surface area contributed by atoms with Crippen LogP contribution in [0.15, 0.2) is 53.5 Å². The summed E-state index contributed by atoms with van der Waals surface area (Å²) >= 11 is 0. The number of rotatable bonds is 4. The van der Waals surface area contributed by atoms with E-state index in [2.05, 4.69) is 0 Å². The molecular weight excluding hydrogens is 268 g/mol. The lowest BCUT2D eigenvalue weighted by Gasteiger charge is -2.28. The van der Waals surface area contributed by atoms with Gasteiger partial charge in [0.15, 0.2) is 5.43 Å². The highest BCUT2D eigenvalue weighted by Gasteiger charge is 2.24. The number of aromatic nitrogens is 1. The number of hydrogen-bond donors (Lipinski definition) is 0. The molecule has 108 valence electrons. The molecule has 2 heterocycles. The molecule has 3 rings (SSSR count). The van der Waals surface area contributed by atoms with Crippen LogP contribution in [-0.4, -0.2) is 28.7 Å². The molecular formula is C16H16N2O3. The van der Waals surface area contributed by atoms with Gasteiger partial charge in [-0.25, -0.2) is 5.06 Å². The maximum absolute atomic E-state index is 12.3. The molecule has 0 spiro atoms. The third-order valence-electron chi connectivity index (χ3n) is 3.48. The fraction of sp³-hybridized carbons (Fsp3) is 0.250. The second kappa shape index (κ2) is 5.93. The van der Waals surface area contributed by atoms with E-state index in [4.69, 9.17) is 4.84 Å². The van der Waals surface area contributed by atoms with Gasteiger partial charge in [-0.3, -0.25) is 14.4 Å². The number of fused-ring (bicyclic) bond motifs is 1. The largest absolute Gasteiger partial charge is 0.341 e. The monoisotopic (exact) mass is 284 g/mol. The predicted molar refractivity (Wildman–Crippen MR) is 77.8 cm³/mol. The lowest BCUT2D eigenvalue weighted by atomic mass is 10.2. The summed E-state index contributed by atoms with van der Waals surface area (Å²) in [5.41, 5.74) is 1.38. The van der Waals surface area contributed by atoms with Gasteiger partial charge in [0.25, 0.3) is 5.91 Å². The van der Waals surface area contributed by atoms with Crippen molar-refractivity contribution in [2.24, 2.45) is 0 Å². The topological polar surface area (TPSA) is 51.5 Å². The Hall–Kier alpha value is -2.40. The molecule has 1 aliphatic rings. The van der Waals surface area contributed by atoms with Crippen LogP contribution in [0, 0.1) is 0 Å². The Morgan fingerprint density at radius 3 is 2.67 bits per heavy atom. The summed E-state index contributed by atoms with van der Waals surface area (Å²) in [6.07, 6.45) is 2.39. The molecule has 0 unspecified atom stereocenters. The predicted octanol–water partition coefficient (Wildman–Crippen LogP) is 1.48. The molecule has 0 N–H and O–H groups in total. The first-order chi connectivity index (χ1) is 10.2. The molecule has 5 nitrogen and oxygen atoms in total. The number of benzene rings is 1. The second-order valence-electron chi connectivity index (χ2n) is 4.92. The zero-order valence-electron chi connectivity index (χ0n) is 11.6. The molecule has 1 amide bonds. The quantitative estimate of drug-likeness (QED) is 0.854. The molecule has 1 aromatic carbocycles. The summed E-state index contributed by atoms with van der Waals surface area (Å²) < 4.78 is 1.78. The van der Waals surface area contributed by atoms with Crippen molar-refractivity contribution >= 4 is 5.91 Å². The zero-order valence-corrected chi connectivity index (χ0v) is 11.6. The molecule has 2 aromatic rings. The van der Waals surface area contributed by atoms with Crippen molar-refractivity contribution in [3.05, 3.63) is 70.1 Å². The van der Waals surface area contributed by atoms with E-state index < -0.39 is 0 Å². The molecule has 0 aliphatic carbocycles. The van der Waals surface area contributed by atoms with Gasteiger partial charge in [0.2, 0.25) is 0 Å². The van der Waals surface area contributed by atoms with Crippen LogP contribution in [0.2, 0.25) is 0 Å². The SMILES string of the molecule is O=C1c2cc(=O)ccn2CCN1OCCc1ccccc1. The molecule has 5 heteroatoms. The molecule has 0 saturated heterocycles. The van der Waals surface area contributed by atoms with Crippen LogP contribution in [0.1, 0.15) is 16.1 Å². The van der Waals surface area contributed by atoms with Crippen molar-refractivity contribution in [3.8, 4) is 0 Å². The van der Waals surface area contributed by atoms with E-state index in [1.165, 1.54) is 22.8 Å². The number of amides is 1. The van der Waals surface area contributed by atoms with E-state index in [0.29, 0.717) is 25.4 Å². The van der Waals surface area contributed by atoms with Crippen molar-refractivity contribution in [1.29, 1.82) is 0 Å². The third-order valence-corrected chi connectivity index (χ3v) is 3.48. The zero-order chi connectivity index (χ0) is 14.7. The van der Waals surface area contributed by atoms with Gasteiger partial charge in [0, 0.05) is 24.9 Å². The molecule has 21 heavy (non-hydrogen) atoms. The smallest absolute Gasteiger partial charge is 0.294 e. The molecule has 1 aromatic heterocycles. The first-order valence-electron chi connectivity index (χ1n) is 6.93. The summed E-state index contributed by atoms with van der Waals surface area (Å²) in [4.78, 5) is 29.2. The Balaban J connectivity index is 1.63. The van der Waals surface area contributed by atoms with Crippen LogP contribution in [0.3, 0.4) is 0 Å². The number of hydroxylamine groups is 2. The van der Waals surface area contributed by atoms with Crippen molar-refractivity contribution in [1.82, 2.24) is 9.63 Å². The highest BCUT2D eigenvalue weighted by Crippen LogP contribution is 2.11. The number of carbonyl (C=O) groups is 1. The number of hydrogen-bond acceptors (Lipinski definition) is 3. The maximum atomic E-state index is 12.3. The van der Waals surface area contributed by atoms with Crippen molar-refractivity contribution in [3.63, 3.8) is 0 Å². The number of pyridine rings is 1. The van der Waals surface area contributed by atoms with Crippen LogP contribution in [0.5, 0.6) is 0 Å². The van der Waals surface area contributed by atoms with E-state index >= 15 is 0 Å². The van der Waals surface area contributed by atoms with Gasteiger partial charge in [-0.15, -0.1) is 0 Å². The number of nitrogens with zero attached hydrogens (tertiary/aromatic N) is 2. The Labute approximate surface area is 122 Å². The Morgan fingerprint density at radius 2 is 1.86 bits per heavy atom. The first kappa shape index (κ1) is 13.6. The van der Waals surface area contributed by atoms with E-state index in [1.807, 2.05) is 30.3 Å². The molecule has 0 radical (unpaired) electrons. The molecule has 1 aliphatic heterocycles. The van der Waals surface area contributed by atoms with E-state index in [1.54, 1.807) is 10.8 Å². The van der Waals surface area contributed by atoms with Gasteiger partial charge in [0.05, 0.1) is 13.2 Å². The van der Waals surface area contributed by atoms with Gasteiger partial charge in [-0.1, -0.05) is 30.3 Å². The van der Waals surface area contributed by atoms with Crippen molar-refractivity contribution < 1.29 is 9.63 Å². The minimum Gasteiger partial charge on any atom is -0.341 e. The van der Waals surface area contributed by atoms with Crippen LogP contribution < -0.4 is 5.43 Å². The highest BCUT2D eigenvalue weighted by atomic mass is 16.7. The van der Waals surface area contributed by atoms with E-state index in [9.17, 15) is 9.59 Å². The third kappa shape index (κ3) is 3.03. The molecule has 0 bridgehead atoms. The van der Waals surface area contributed by atoms with Gasteiger partial charge < -0.3 is 4.57 Å². The minimum atomic E-state index is -0.257.